The Kier molecular flexibility index (Phi) is 6.32. The zero-order chi connectivity index (χ0) is 11.6. The summed E-state index contributed by atoms with van der Waals surface area (Å²) in [6.45, 7) is 0. The van der Waals surface area contributed by atoms with E-state index in [1.165, 1.54) is 0 Å². The summed E-state index contributed by atoms with van der Waals surface area (Å²) in [5, 5.41) is 0. The van der Waals surface area contributed by atoms with Crippen molar-refractivity contribution in [1.82, 2.24) is 0 Å². The minimum atomic E-state index is -4.24. The topological polar surface area (TPSA) is 26.0 Å². The van der Waals surface area contributed by atoms with Crippen LogP contribution in [-0.4, -0.2) is 6.18 Å². The lowest BCUT2D eigenvalue weighted by molar-refractivity contribution is -0.138. The van der Waals surface area contributed by atoms with Crippen LogP contribution in [-0.2, 0) is 0 Å². The maximum Gasteiger partial charge on any atom is 0.390 e. The van der Waals surface area contributed by atoms with E-state index in [1.807, 2.05) is 0 Å². The Hall–Kier alpha value is 0.220. The summed E-state index contributed by atoms with van der Waals surface area (Å²) in [5.74, 6) is 0. The van der Waals surface area contributed by atoms with Gasteiger partial charge in [-0.05, 0) is 49.6 Å². The van der Waals surface area contributed by atoms with Gasteiger partial charge in [0.15, 0.2) is 0 Å². The predicted octanol–water partition coefficient (Wildman–Crippen LogP) is 4.59. The maximum atomic E-state index is 12.1. The van der Waals surface area contributed by atoms with Gasteiger partial charge in [0, 0.05) is 15.0 Å². The molecule has 1 aromatic rings. The molecule has 0 heterocycles. The van der Waals surface area contributed by atoms with Gasteiger partial charge in [-0.15, -0.1) is 12.4 Å². The third-order valence-corrected chi connectivity index (χ3v) is 3.70. The summed E-state index contributed by atoms with van der Waals surface area (Å²) in [6.07, 6.45) is -5.25. The van der Waals surface area contributed by atoms with Crippen LogP contribution in [0.4, 0.5) is 13.2 Å². The van der Waals surface area contributed by atoms with E-state index >= 15 is 0 Å². The lowest BCUT2D eigenvalue weighted by Gasteiger charge is -2.14. The molecule has 16 heavy (non-hydrogen) atoms. The Morgan fingerprint density at radius 2 is 1.75 bits per heavy atom. The molecule has 1 atom stereocenters. The van der Waals surface area contributed by atoms with E-state index < -0.39 is 18.6 Å². The van der Waals surface area contributed by atoms with Gasteiger partial charge in [0.2, 0.25) is 0 Å². The Morgan fingerprint density at radius 3 is 2.19 bits per heavy atom. The number of hydrogen-bond acceptors (Lipinski definition) is 1. The van der Waals surface area contributed by atoms with Gasteiger partial charge in [0.1, 0.15) is 0 Å². The minimum Gasteiger partial charge on any atom is -0.324 e. The molecule has 0 aliphatic rings. The normalized spacial score (nSPS) is 13.1. The molecule has 7 heteroatoms. The van der Waals surface area contributed by atoms with Gasteiger partial charge in [-0.3, -0.25) is 0 Å². The van der Waals surface area contributed by atoms with Crippen molar-refractivity contribution >= 4 is 44.3 Å². The Labute approximate surface area is 114 Å². The molecule has 0 aromatic heterocycles. The number of nitrogens with two attached hydrogens (primary N) is 1. The molecule has 0 saturated carbocycles. The highest BCUT2D eigenvalue weighted by Gasteiger charge is 2.30. The molecule has 0 spiro atoms. The molecule has 0 bridgehead atoms. The molecule has 0 amide bonds. The third-order valence-electron chi connectivity index (χ3n) is 1.82. The molecule has 0 aliphatic carbocycles. The minimum absolute atomic E-state index is 0. The van der Waals surface area contributed by atoms with Crippen molar-refractivity contribution in [3.8, 4) is 0 Å². The van der Waals surface area contributed by atoms with E-state index in [1.54, 1.807) is 18.2 Å². The molecule has 0 aliphatic heterocycles. The van der Waals surface area contributed by atoms with Crippen LogP contribution in [0.5, 0.6) is 0 Å². The third kappa shape index (κ3) is 5.03. The van der Waals surface area contributed by atoms with Crippen LogP contribution in [0, 0.1) is 0 Å². The number of alkyl halides is 3. The highest BCUT2D eigenvalue weighted by Crippen LogP contribution is 2.31. The van der Waals surface area contributed by atoms with Crippen LogP contribution in [0.25, 0.3) is 0 Å². The number of benzene rings is 1. The van der Waals surface area contributed by atoms with Crippen molar-refractivity contribution in [2.24, 2.45) is 5.73 Å². The van der Waals surface area contributed by atoms with Crippen molar-refractivity contribution in [3.05, 3.63) is 32.7 Å². The van der Waals surface area contributed by atoms with Gasteiger partial charge in [-0.2, -0.15) is 13.2 Å². The zero-order valence-electron chi connectivity index (χ0n) is 7.89. The zero-order valence-corrected chi connectivity index (χ0v) is 11.9. The standard InChI is InChI=1S/C9H8Br2F3N.ClH/c10-6-2-1-5(3-7(6)11)8(15)4-9(12,13)14;/h1-3,8H,4,15H2;1H/t8-;/m1./s1. The van der Waals surface area contributed by atoms with Crippen LogP contribution in [0.15, 0.2) is 27.1 Å². The molecule has 1 nitrogen and oxygen atoms in total. The van der Waals surface area contributed by atoms with Gasteiger partial charge in [-0.1, -0.05) is 6.07 Å². The van der Waals surface area contributed by atoms with E-state index in [0.29, 0.717) is 10.0 Å². The van der Waals surface area contributed by atoms with Gasteiger partial charge in [-0.25, -0.2) is 0 Å². The first-order valence-electron chi connectivity index (χ1n) is 4.07. The summed E-state index contributed by atoms with van der Waals surface area (Å²) >= 11 is 6.44. The first kappa shape index (κ1) is 16.2. The fourth-order valence-electron chi connectivity index (χ4n) is 1.11. The van der Waals surface area contributed by atoms with Crippen LogP contribution in [0.2, 0.25) is 0 Å². The SMILES string of the molecule is Cl.N[C@H](CC(F)(F)F)c1ccc(Br)c(Br)c1. The van der Waals surface area contributed by atoms with E-state index in [9.17, 15) is 13.2 Å². The average Bonchev–Trinajstić information content (AvgIpc) is 2.06. The largest absolute Gasteiger partial charge is 0.390 e. The summed E-state index contributed by atoms with van der Waals surface area (Å²) in [4.78, 5) is 0. The van der Waals surface area contributed by atoms with Crippen molar-refractivity contribution in [2.45, 2.75) is 18.6 Å². The van der Waals surface area contributed by atoms with E-state index in [-0.39, 0.29) is 12.4 Å². The Balaban J connectivity index is 0.00000225. The molecule has 0 saturated heterocycles. The number of halogens is 6. The lowest BCUT2D eigenvalue weighted by atomic mass is 10.1. The first-order chi connectivity index (χ1) is 6.79. The molecule has 1 rings (SSSR count). The lowest BCUT2D eigenvalue weighted by Crippen LogP contribution is -2.20. The molecule has 0 radical (unpaired) electrons. The second-order valence-electron chi connectivity index (χ2n) is 3.10. The maximum absolute atomic E-state index is 12.1. The summed E-state index contributed by atoms with van der Waals surface area (Å²) in [7, 11) is 0. The van der Waals surface area contributed by atoms with Gasteiger partial charge in [0.05, 0.1) is 6.42 Å². The second kappa shape index (κ2) is 6.23. The molecular formula is C9H9Br2ClF3N. The Bertz CT molecular complexity index is 357. The number of rotatable bonds is 2. The van der Waals surface area contributed by atoms with Crippen molar-refractivity contribution in [1.29, 1.82) is 0 Å². The van der Waals surface area contributed by atoms with Crippen molar-refractivity contribution < 1.29 is 13.2 Å². The summed E-state index contributed by atoms with van der Waals surface area (Å²) < 4.78 is 37.7. The molecule has 92 valence electrons. The van der Waals surface area contributed by atoms with Crippen molar-refractivity contribution in [2.75, 3.05) is 0 Å². The van der Waals surface area contributed by atoms with E-state index in [4.69, 9.17) is 5.73 Å². The van der Waals surface area contributed by atoms with Crippen LogP contribution >= 0.6 is 44.3 Å². The fourth-order valence-corrected chi connectivity index (χ4v) is 1.75. The van der Waals surface area contributed by atoms with E-state index in [2.05, 4.69) is 31.9 Å². The first-order valence-corrected chi connectivity index (χ1v) is 5.65. The molecule has 0 fully saturated rings. The highest BCUT2D eigenvalue weighted by atomic mass is 79.9. The molecule has 2 N–H and O–H groups in total. The molecule has 1 aromatic carbocycles. The van der Waals surface area contributed by atoms with Gasteiger partial charge >= 0.3 is 6.18 Å². The average molecular weight is 383 g/mol. The molecule has 0 unspecified atom stereocenters. The second-order valence-corrected chi connectivity index (χ2v) is 4.81. The predicted molar refractivity (Wildman–Crippen MR) is 66.7 cm³/mol. The monoisotopic (exact) mass is 381 g/mol. The summed E-state index contributed by atoms with van der Waals surface area (Å²) in [6, 6.07) is 3.80. The number of hydrogen-bond donors (Lipinski definition) is 1. The quantitative estimate of drug-likeness (QED) is 0.795. The van der Waals surface area contributed by atoms with Crippen LogP contribution < -0.4 is 5.73 Å². The van der Waals surface area contributed by atoms with Crippen LogP contribution in [0.1, 0.15) is 18.0 Å². The highest BCUT2D eigenvalue weighted by molar-refractivity contribution is 9.13. The van der Waals surface area contributed by atoms with Crippen LogP contribution in [0.3, 0.4) is 0 Å². The van der Waals surface area contributed by atoms with Gasteiger partial charge < -0.3 is 5.73 Å². The Morgan fingerprint density at radius 1 is 1.19 bits per heavy atom. The fraction of sp³-hybridized carbons (Fsp3) is 0.333. The smallest absolute Gasteiger partial charge is 0.324 e. The van der Waals surface area contributed by atoms with Gasteiger partial charge in [0.25, 0.3) is 0 Å². The molecular weight excluding hydrogens is 374 g/mol. The van der Waals surface area contributed by atoms with Crippen molar-refractivity contribution in [3.63, 3.8) is 0 Å². The summed E-state index contributed by atoms with van der Waals surface area (Å²) in [5.41, 5.74) is 5.90. The van der Waals surface area contributed by atoms with E-state index in [0.717, 1.165) is 4.47 Å².